The number of nitrogens with one attached hydrogen (secondary N) is 2. The van der Waals surface area contributed by atoms with Crippen LogP contribution in [0.3, 0.4) is 0 Å². The molecule has 2 N–H and O–H groups in total. The number of fused-ring (bicyclic) bond motifs is 1. The Morgan fingerprint density at radius 1 is 1.43 bits per heavy atom. The van der Waals surface area contributed by atoms with Gasteiger partial charge in [-0.3, -0.25) is 0 Å². The van der Waals surface area contributed by atoms with Gasteiger partial charge >= 0.3 is 0 Å². The number of hydrogen-bond donors (Lipinski definition) is 2. The normalized spacial score (nSPS) is 13.7. The zero-order valence-corrected chi connectivity index (χ0v) is 13.6. The number of H-pyrrole nitrogens is 1. The van der Waals surface area contributed by atoms with E-state index in [2.05, 4.69) is 25.3 Å². The number of pyridine rings is 1. The number of nitrogens with zero attached hydrogens (tertiary/aromatic N) is 3. The van der Waals surface area contributed by atoms with E-state index in [-0.39, 0.29) is 0 Å². The molecule has 3 rings (SSSR count). The average molecular weight is 330 g/mol. The Balaban J connectivity index is 2.02. The number of anilines is 1. The van der Waals surface area contributed by atoms with Crippen LogP contribution in [0.1, 0.15) is 20.3 Å². The Labute approximate surface area is 138 Å². The molecule has 0 aromatic carbocycles. The van der Waals surface area contributed by atoms with Crippen LogP contribution in [0.5, 0.6) is 0 Å². The fraction of sp³-hybridized carbons (Fsp3) is 0.250. The molecule has 0 aliphatic carbocycles. The minimum Gasteiger partial charge on any atom is -0.358 e. The van der Waals surface area contributed by atoms with E-state index in [0.29, 0.717) is 23.1 Å². The topological polar surface area (TPSA) is 83.6 Å². The number of carbonyl (C=O) groups excluding carboxylic acids is 1. The molecule has 0 saturated heterocycles. The minimum atomic E-state index is -0.656. The fourth-order valence-electron chi connectivity index (χ4n) is 2.21. The third-order valence-electron chi connectivity index (χ3n) is 3.80. The molecule has 3 aromatic rings. The van der Waals surface area contributed by atoms with E-state index in [1.54, 1.807) is 24.7 Å². The Kier molecular flexibility index (Phi) is 4.00. The molecular weight excluding hydrogens is 314 g/mol. The van der Waals surface area contributed by atoms with Gasteiger partial charge in [-0.2, -0.15) is 0 Å². The first-order valence-corrected chi connectivity index (χ1v) is 7.63. The average Bonchev–Trinajstić information content (AvgIpc) is 2.98. The van der Waals surface area contributed by atoms with Crippen LogP contribution in [0.15, 0.2) is 30.7 Å². The molecule has 0 spiro atoms. The molecule has 0 aliphatic heterocycles. The summed E-state index contributed by atoms with van der Waals surface area (Å²) in [5.41, 5.74) is 0.872. The SMILES string of the molecule is CCC(C)(C=O)Nc1ccnc(-c2c[nH]c3ncc(Cl)cc23)n1. The van der Waals surface area contributed by atoms with Crippen molar-refractivity contribution in [3.63, 3.8) is 0 Å². The molecule has 118 valence electrons. The number of aromatic amines is 1. The number of rotatable bonds is 5. The molecule has 0 radical (unpaired) electrons. The summed E-state index contributed by atoms with van der Waals surface area (Å²) in [6.07, 6.45) is 6.58. The predicted octanol–water partition coefficient (Wildman–Crippen LogP) is 3.45. The van der Waals surface area contributed by atoms with Gasteiger partial charge in [0, 0.05) is 29.5 Å². The zero-order chi connectivity index (χ0) is 16.4. The second-order valence-corrected chi connectivity index (χ2v) is 5.97. The van der Waals surface area contributed by atoms with Crippen molar-refractivity contribution in [2.75, 3.05) is 5.32 Å². The molecule has 0 bridgehead atoms. The van der Waals surface area contributed by atoms with Crippen LogP contribution < -0.4 is 5.32 Å². The van der Waals surface area contributed by atoms with Gasteiger partial charge in [-0.05, 0) is 25.5 Å². The van der Waals surface area contributed by atoms with Gasteiger partial charge in [0.15, 0.2) is 5.82 Å². The lowest BCUT2D eigenvalue weighted by atomic mass is 10.0. The first kappa shape index (κ1) is 15.4. The summed E-state index contributed by atoms with van der Waals surface area (Å²) in [6, 6.07) is 3.56. The first-order chi connectivity index (χ1) is 11.0. The van der Waals surface area contributed by atoms with Crippen molar-refractivity contribution in [2.45, 2.75) is 25.8 Å². The second-order valence-electron chi connectivity index (χ2n) is 5.53. The van der Waals surface area contributed by atoms with Gasteiger partial charge in [0.2, 0.25) is 0 Å². The summed E-state index contributed by atoms with van der Waals surface area (Å²) in [6.45, 7) is 3.77. The van der Waals surface area contributed by atoms with Crippen LogP contribution in [0.4, 0.5) is 5.82 Å². The number of aromatic nitrogens is 4. The van der Waals surface area contributed by atoms with E-state index in [9.17, 15) is 4.79 Å². The summed E-state index contributed by atoms with van der Waals surface area (Å²) in [4.78, 5) is 27.4. The molecule has 6 nitrogen and oxygen atoms in total. The van der Waals surface area contributed by atoms with Crippen molar-refractivity contribution >= 4 is 34.7 Å². The van der Waals surface area contributed by atoms with Crippen molar-refractivity contribution in [3.8, 4) is 11.4 Å². The Morgan fingerprint density at radius 2 is 2.26 bits per heavy atom. The van der Waals surface area contributed by atoms with Crippen molar-refractivity contribution < 1.29 is 4.79 Å². The van der Waals surface area contributed by atoms with E-state index in [1.165, 1.54) is 0 Å². The highest BCUT2D eigenvalue weighted by Crippen LogP contribution is 2.27. The van der Waals surface area contributed by atoms with Gasteiger partial charge in [0.1, 0.15) is 17.8 Å². The van der Waals surface area contributed by atoms with Crippen LogP contribution in [0, 0.1) is 0 Å². The monoisotopic (exact) mass is 329 g/mol. The Hall–Kier alpha value is -2.47. The summed E-state index contributed by atoms with van der Waals surface area (Å²) in [7, 11) is 0. The molecule has 0 amide bonds. The molecule has 1 unspecified atom stereocenters. The van der Waals surface area contributed by atoms with E-state index in [4.69, 9.17) is 11.6 Å². The Bertz CT molecular complexity index is 863. The van der Waals surface area contributed by atoms with Gasteiger partial charge in [-0.1, -0.05) is 18.5 Å². The highest BCUT2D eigenvalue weighted by molar-refractivity contribution is 6.31. The number of aldehydes is 1. The van der Waals surface area contributed by atoms with Crippen LogP contribution >= 0.6 is 11.6 Å². The zero-order valence-electron chi connectivity index (χ0n) is 12.8. The molecule has 0 aliphatic rings. The van der Waals surface area contributed by atoms with Gasteiger partial charge < -0.3 is 15.1 Å². The van der Waals surface area contributed by atoms with E-state index >= 15 is 0 Å². The number of hydrogen-bond acceptors (Lipinski definition) is 5. The molecule has 7 heteroatoms. The molecule has 3 aromatic heterocycles. The van der Waals surface area contributed by atoms with Gasteiger partial charge in [0.25, 0.3) is 0 Å². The maximum absolute atomic E-state index is 11.3. The first-order valence-electron chi connectivity index (χ1n) is 7.25. The van der Waals surface area contributed by atoms with Crippen molar-refractivity contribution in [2.24, 2.45) is 0 Å². The molecular formula is C16H16ClN5O. The largest absolute Gasteiger partial charge is 0.358 e. The van der Waals surface area contributed by atoms with Crippen LogP contribution in [0.25, 0.3) is 22.4 Å². The van der Waals surface area contributed by atoms with Crippen LogP contribution in [0.2, 0.25) is 5.02 Å². The predicted molar refractivity (Wildman–Crippen MR) is 90.5 cm³/mol. The smallest absolute Gasteiger partial charge is 0.163 e. The molecule has 0 saturated carbocycles. The third-order valence-corrected chi connectivity index (χ3v) is 4.01. The number of halogens is 1. The second kappa shape index (κ2) is 5.96. The summed E-state index contributed by atoms with van der Waals surface area (Å²) >= 11 is 6.02. The summed E-state index contributed by atoms with van der Waals surface area (Å²) < 4.78 is 0. The lowest BCUT2D eigenvalue weighted by molar-refractivity contribution is -0.111. The molecule has 3 heterocycles. The lowest BCUT2D eigenvalue weighted by Crippen LogP contribution is -2.36. The summed E-state index contributed by atoms with van der Waals surface area (Å²) in [5, 5.41) is 4.54. The summed E-state index contributed by atoms with van der Waals surface area (Å²) in [5.74, 6) is 1.13. The molecule has 23 heavy (non-hydrogen) atoms. The quantitative estimate of drug-likeness (QED) is 0.700. The third kappa shape index (κ3) is 3.03. The van der Waals surface area contributed by atoms with Crippen LogP contribution in [-0.2, 0) is 4.79 Å². The van der Waals surface area contributed by atoms with Crippen molar-refractivity contribution in [1.29, 1.82) is 0 Å². The van der Waals surface area contributed by atoms with Crippen molar-refractivity contribution in [1.82, 2.24) is 19.9 Å². The highest BCUT2D eigenvalue weighted by Gasteiger charge is 2.21. The standard InChI is InChI=1S/C16H16ClN5O/c1-3-16(2,9-23)22-13-4-5-18-15(21-13)12-8-20-14-11(12)6-10(17)7-19-14/h4-9H,3H2,1-2H3,(H,19,20)(H,18,21,22). The molecule has 0 fully saturated rings. The molecule has 1 atom stereocenters. The van der Waals surface area contributed by atoms with E-state index < -0.39 is 5.54 Å². The van der Waals surface area contributed by atoms with Crippen molar-refractivity contribution in [3.05, 3.63) is 35.7 Å². The fourth-order valence-corrected chi connectivity index (χ4v) is 2.37. The highest BCUT2D eigenvalue weighted by atomic mass is 35.5. The minimum absolute atomic E-state index is 0.537. The number of carbonyl (C=O) groups is 1. The maximum Gasteiger partial charge on any atom is 0.163 e. The van der Waals surface area contributed by atoms with Gasteiger partial charge in [-0.15, -0.1) is 0 Å². The van der Waals surface area contributed by atoms with Crippen LogP contribution in [-0.4, -0.2) is 31.8 Å². The van der Waals surface area contributed by atoms with Gasteiger partial charge in [-0.25, -0.2) is 15.0 Å². The Morgan fingerprint density at radius 3 is 3.00 bits per heavy atom. The maximum atomic E-state index is 11.3. The van der Waals surface area contributed by atoms with Gasteiger partial charge in [0.05, 0.1) is 10.6 Å². The lowest BCUT2D eigenvalue weighted by Gasteiger charge is -2.23. The van der Waals surface area contributed by atoms with E-state index in [0.717, 1.165) is 22.9 Å². The van der Waals surface area contributed by atoms with E-state index in [1.807, 2.05) is 19.9 Å².